The molecule has 1 heterocycles. The molecule has 110 valence electrons. The van der Waals surface area contributed by atoms with Gasteiger partial charge in [-0.1, -0.05) is 12.1 Å². The summed E-state index contributed by atoms with van der Waals surface area (Å²) in [7, 11) is 0. The number of nitrogens with zero attached hydrogens (tertiary/aromatic N) is 2. The van der Waals surface area contributed by atoms with Gasteiger partial charge in [0, 0.05) is 12.2 Å². The van der Waals surface area contributed by atoms with Crippen molar-refractivity contribution in [2.24, 2.45) is 0 Å². The summed E-state index contributed by atoms with van der Waals surface area (Å²) in [5.74, 6) is -2.26. The molecule has 6 nitrogen and oxygen atoms in total. The van der Waals surface area contributed by atoms with Crippen LogP contribution < -0.4 is 11.2 Å². The fraction of sp³-hybridized carbons (Fsp3) is 0.214. The Hall–Kier alpha value is -2.70. The lowest BCUT2D eigenvalue weighted by molar-refractivity contribution is 0.0693. The van der Waals surface area contributed by atoms with Gasteiger partial charge in [0.15, 0.2) is 0 Å². The lowest BCUT2D eigenvalue weighted by Crippen LogP contribution is -2.42. The van der Waals surface area contributed by atoms with Gasteiger partial charge in [0.05, 0.1) is 5.69 Å². The van der Waals surface area contributed by atoms with E-state index in [9.17, 15) is 18.8 Å². The zero-order chi connectivity index (χ0) is 15.7. The summed E-state index contributed by atoms with van der Waals surface area (Å²) in [6, 6.07) is 4.82. The molecule has 0 aliphatic rings. The number of hydrogen-bond acceptors (Lipinski definition) is 3. The lowest BCUT2D eigenvalue weighted by atomic mass is 10.2. The number of carboxylic acids is 1. The number of carbonyl (C=O) groups is 1. The Morgan fingerprint density at radius 1 is 1.24 bits per heavy atom. The minimum Gasteiger partial charge on any atom is -0.477 e. The molecular formula is C14H13FN2O4. The van der Waals surface area contributed by atoms with Gasteiger partial charge in [0.25, 0.3) is 5.56 Å². The Morgan fingerprint density at radius 3 is 2.38 bits per heavy atom. The number of aromatic carboxylic acids is 1. The average Bonchev–Trinajstić information content (AvgIpc) is 2.40. The Morgan fingerprint density at radius 2 is 1.86 bits per heavy atom. The molecule has 0 amide bonds. The summed E-state index contributed by atoms with van der Waals surface area (Å²) in [6.07, 6.45) is 0.981. The van der Waals surface area contributed by atoms with E-state index >= 15 is 0 Å². The van der Waals surface area contributed by atoms with Crippen molar-refractivity contribution in [1.82, 2.24) is 9.13 Å². The topological polar surface area (TPSA) is 81.3 Å². The van der Waals surface area contributed by atoms with Gasteiger partial charge in [-0.25, -0.2) is 18.5 Å². The van der Waals surface area contributed by atoms with Crippen molar-refractivity contribution in [3.8, 4) is 5.69 Å². The largest absolute Gasteiger partial charge is 0.477 e. The molecule has 0 saturated heterocycles. The van der Waals surface area contributed by atoms with E-state index in [1.54, 1.807) is 13.8 Å². The van der Waals surface area contributed by atoms with Gasteiger partial charge in [-0.05, 0) is 26.0 Å². The fourth-order valence-corrected chi connectivity index (χ4v) is 1.93. The van der Waals surface area contributed by atoms with Crippen LogP contribution in [0.1, 0.15) is 30.2 Å². The standard InChI is InChI=1S/C14H13FN2O4/c1-8(2)16-7-9(13(19)20)12(18)17(14(16)21)11-6-4-3-5-10(11)15/h3-8H,1-2H3,(H,19,20). The molecular weight excluding hydrogens is 279 g/mol. The van der Waals surface area contributed by atoms with Crippen LogP contribution in [0.3, 0.4) is 0 Å². The molecule has 2 aromatic rings. The van der Waals surface area contributed by atoms with E-state index in [2.05, 4.69) is 0 Å². The Labute approximate surface area is 118 Å². The van der Waals surface area contributed by atoms with Crippen LogP contribution in [0.15, 0.2) is 40.1 Å². The smallest absolute Gasteiger partial charge is 0.342 e. The number of aromatic nitrogens is 2. The van der Waals surface area contributed by atoms with Crippen molar-refractivity contribution in [2.75, 3.05) is 0 Å². The van der Waals surface area contributed by atoms with Crippen LogP contribution in [-0.4, -0.2) is 20.2 Å². The first kappa shape index (κ1) is 14.7. The molecule has 0 saturated carbocycles. The second-order valence-electron chi connectivity index (χ2n) is 4.72. The second-order valence-corrected chi connectivity index (χ2v) is 4.72. The van der Waals surface area contributed by atoms with Crippen LogP contribution in [0.4, 0.5) is 4.39 Å². The van der Waals surface area contributed by atoms with Crippen LogP contribution in [0.5, 0.6) is 0 Å². The molecule has 1 aromatic carbocycles. The number of halogens is 1. The Kier molecular flexibility index (Phi) is 3.75. The van der Waals surface area contributed by atoms with Gasteiger partial charge in [-0.2, -0.15) is 0 Å². The van der Waals surface area contributed by atoms with Gasteiger partial charge < -0.3 is 5.11 Å². The van der Waals surface area contributed by atoms with Crippen molar-refractivity contribution in [3.63, 3.8) is 0 Å². The summed E-state index contributed by atoms with van der Waals surface area (Å²) in [5, 5.41) is 9.08. The first-order valence-electron chi connectivity index (χ1n) is 6.21. The monoisotopic (exact) mass is 292 g/mol. The number of benzene rings is 1. The third kappa shape index (κ3) is 2.49. The fourth-order valence-electron chi connectivity index (χ4n) is 1.93. The van der Waals surface area contributed by atoms with Crippen molar-refractivity contribution in [2.45, 2.75) is 19.9 Å². The van der Waals surface area contributed by atoms with E-state index in [-0.39, 0.29) is 11.7 Å². The minimum absolute atomic E-state index is 0.273. The van der Waals surface area contributed by atoms with Gasteiger partial charge in [0.2, 0.25) is 0 Å². The van der Waals surface area contributed by atoms with Crippen LogP contribution >= 0.6 is 0 Å². The Balaban J connectivity index is 2.95. The first-order valence-corrected chi connectivity index (χ1v) is 6.21. The molecule has 7 heteroatoms. The van der Waals surface area contributed by atoms with Gasteiger partial charge in [-0.15, -0.1) is 0 Å². The maximum absolute atomic E-state index is 13.8. The van der Waals surface area contributed by atoms with E-state index in [1.807, 2.05) is 0 Å². The van der Waals surface area contributed by atoms with Crippen LogP contribution in [0.25, 0.3) is 5.69 Å². The number of rotatable bonds is 3. The lowest BCUT2D eigenvalue weighted by Gasteiger charge is -2.14. The molecule has 1 N–H and O–H groups in total. The predicted molar refractivity (Wildman–Crippen MR) is 73.6 cm³/mol. The highest BCUT2D eigenvalue weighted by Crippen LogP contribution is 2.10. The summed E-state index contributed by atoms with van der Waals surface area (Å²) in [6.45, 7) is 3.31. The van der Waals surface area contributed by atoms with Crippen LogP contribution in [-0.2, 0) is 0 Å². The molecule has 0 aliphatic heterocycles. The Bertz CT molecular complexity index is 820. The van der Waals surface area contributed by atoms with Crippen molar-refractivity contribution < 1.29 is 14.3 Å². The molecule has 0 aliphatic carbocycles. The highest BCUT2D eigenvalue weighted by atomic mass is 19.1. The summed E-state index contributed by atoms with van der Waals surface area (Å²) in [5.41, 5.74) is -2.71. The molecule has 0 atom stereocenters. The van der Waals surface area contributed by atoms with E-state index in [0.29, 0.717) is 4.57 Å². The molecule has 21 heavy (non-hydrogen) atoms. The number of para-hydroxylation sites is 1. The van der Waals surface area contributed by atoms with Crippen LogP contribution in [0, 0.1) is 5.82 Å². The normalized spacial score (nSPS) is 10.9. The summed E-state index contributed by atoms with van der Waals surface area (Å²) in [4.78, 5) is 35.6. The maximum atomic E-state index is 13.8. The van der Waals surface area contributed by atoms with Crippen molar-refractivity contribution in [3.05, 3.63) is 62.7 Å². The van der Waals surface area contributed by atoms with Crippen LogP contribution in [0.2, 0.25) is 0 Å². The molecule has 1 aromatic heterocycles. The van der Waals surface area contributed by atoms with Crippen molar-refractivity contribution in [1.29, 1.82) is 0 Å². The molecule has 0 radical (unpaired) electrons. The molecule has 0 bridgehead atoms. The van der Waals surface area contributed by atoms with Gasteiger partial charge in [0.1, 0.15) is 11.4 Å². The summed E-state index contributed by atoms with van der Waals surface area (Å²) >= 11 is 0. The van der Waals surface area contributed by atoms with E-state index in [0.717, 1.165) is 16.8 Å². The second kappa shape index (κ2) is 5.35. The highest BCUT2D eigenvalue weighted by Gasteiger charge is 2.20. The van der Waals surface area contributed by atoms with Gasteiger partial charge in [-0.3, -0.25) is 9.36 Å². The SMILES string of the molecule is CC(C)n1cc(C(=O)O)c(=O)n(-c2ccccc2F)c1=O. The molecule has 0 unspecified atom stereocenters. The predicted octanol–water partition coefficient (Wildman–Crippen LogP) is 1.42. The van der Waals surface area contributed by atoms with Crippen molar-refractivity contribution >= 4 is 5.97 Å². The molecule has 2 rings (SSSR count). The van der Waals surface area contributed by atoms with E-state index in [4.69, 9.17) is 5.11 Å². The molecule has 0 fully saturated rings. The number of hydrogen-bond donors (Lipinski definition) is 1. The molecule has 0 spiro atoms. The van der Waals surface area contributed by atoms with E-state index < -0.39 is 28.6 Å². The third-order valence-corrected chi connectivity index (χ3v) is 2.99. The maximum Gasteiger partial charge on any atom is 0.342 e. The quantitative estimate of drug-likeness (QED) is 0.927. The third-order valence-electron chi connectivity index (χ3n) is 2.99. The van der Waals surface area contributed by atoms with E-state index in [1.165, 1.54) is 18.2 Å². The zero-order valence-electron chi connectivity index (χ0n) is 11.4. The number of carboxylic acid groups (broad SMARTS) is 1. The first-order chi connectivity index (χ1) is 9.84. The minimum atomic E-state index is -1.47. The average molecular weight is 292 g/mol. The van der Waals surface area contributed by atoms with Gasteiger partial charge >= 0.3 is 11.7 Å². The zero-order valence-corrected chi connectivity index (χ0v) is 11.4. The highest BCUT2D eigenvalue weighted by molar-refractivity contribution is 5.86. The summed E-state index contributed by atoms with van der Waals surface area (Å²) < 4.78 is 15.5.